The van der Waals surface area contributed by atoms with Gasteiger partial charge in [-0.25, -0.2) is 0 Å². The largest absolute Gasteiger partial charge is 0.493 e. The Balaban J connectivity index is 1.44. The fourth-order valence-electron chi connectivity index (χ4n) is 3.68. The summed E-state index contributed by atoms with van der Waals surface area (Å²) in [4.78, 5) is 12.7. The summed E-state index contributed by atoms with van der Waals surface area (Å²) in [6.45, 7) is 0.703. The van der Waals surface area contributed by atoms with Gasteiger partial charge in [-0.15, -0.1) is 0 Å². The molecular weight excluding hydrogens is 660 g/mol. The summed E-state index contributed by atoms with van der Waals surface area (Å²) in [5.74, 6) is 1.25. The maximum absolute atomic E-state index is 12.7. The van der Waals surface area contributed by atoms with Crippen LogP contribution in [0.1, 0.15) is 16.7 Å². The molecule has 9 heteroatoms. The molecule has 4 aromatic carbocycles. The normalized spacial score (nSPS) is 10.9. The van der Waals surface area contributed by atoms with Gasteiger partial charge in [0.05, 0.1) is 26.8 Å². The molecule has 0 heterocycles. The quantitative estimate of drug-likeness (QED) is 0.134. The zero-order valence-corrected chi connectivity index (χ0v) is 25.2. The topological polar surface area (TPSA) is 80.6 Å². The molecule has 40 heavy (non-hydrogen) atoms. The molecule has 6 nitrogen and oxygen atoms in total. The molecule has 0 aliphatic carbocycles. The second kappa shape index (κ2) is 14.0. The molecule has 0 radical (unpaired) electrons. The molecule has 0 aliphatic heterocycles. The van der Waals surface area contributed by atoms with E-state index in [0.29, 0.717) is 49.1 Å². The van der Waals surface area contributed by atoms with E-state index in [1.54, 1.807) is 43.5 Å². The van der Waals surface area contributed by atoms with Gasteiger partial charge in [0.15, 0.2) is 11.5 Å². The number of nitrogens with one attached hydrogen (secondary N) is 1. The van der Waals surface area contributed by atoms with Gasteiger partial charge in [-0.05, 0) is 91.0 Å². The Kier molecular flexibility index (Phi) is 10.3. The van der Waals surface area contributed by atoms with Crippen LogP contribution >= 0.6 is 43.5 Å². The van der Waals surface area contributed by atoms with Crippen LogP contribution in [0.25, 0.3) is 6.08 Å². The summed E-state index contributed by atoms with van der Waals surface area (Å²) in [6, 6.07) is 27.8. The van der Waals surface area contributed by atoms with Crippen LogP contribution in [0.15, 0.2) is 99.4 Å². The lowest BCUT2D eigenvalue weighted by Gasteiger charge is -2.14. The smallest absolute Gasteiger partial charge is 0.266 e. The van der Waals surface area contributed by atoms with Crippen molar-refractivity contribution in [3.8, 4) is 23.3 Å². The summed E-state index contributed by atoms with van der Waals surface area (Å²) in [7, 11) is 1.60. The van der Waals surface area contributed by atoms with Gasteiger partial charge in [-0.3, -0.25) is 4.79 Å². The highest BCUT2D eigenvalue weighted by Gasteiger charge is 2.14. The van der Waals surface area contributed by atoms with Crippen LogP contribution in [0, 0.1) is 11.3 Å². The predicted molar refractivity (Wildman–Crippen MR) is 164 cm³/mol. The molecule has 0 aliphatic rings. The number of nitrogens with zero attached hydrogens (tertiary/aromatic N) is 1. The number of hydrogen-bond acceptors (Lipinski definition) is 5. The molecule has 1 N–H and O–H groups in total. The Bertz CT molecular complexity index is 1560. The lowest BCUT2D eigenvalue weighted by Crippen LogP contribution is -2.13. The number of rotatable bonds is 10. The van der Waals surface area contributed by atoms with Crippen LogP contribution in [0.2, 0.25) is 5.02 Å². The zero-order chi connectivity index (χ0) is 28.5. The van der Waals surface area contributed by atoms with Gasteiger partial charge >= 0.3 is 0 Å². The average Bonchev–Trinajstić information content (AvgIpc) is 2.96. The second-order valence-corrected chi connectivity index (χ2v) is 10.6. The molecule has 0 fully saturated rings. The minimum absolute atomic E-state index is 0.0749. The van der Waals surface area contributed by atoms with Gasteiger partial charge in [0.2, 0.25) is 0 Å². The Morgan fingerprint density at radius 1 is 0.900 bits per heavy atom. The van der Waals surface area contributed by atoms with Crippen LogP contribution < -0.4 is 19.5 Å². The summed E-state index contributed by atoms with van der Waals surface area (Å²) in [5, 5.41) is 12.6. The van der Waals surface area contributed by atoms with E-state index >= 15 is 0 Å². The minimum atomic E-state index is -0.562. The van der Waals surface area contributed by atoms with Gasteiger partial charge in [0.25, 0.3) is 5.91 Å². The molecule has 202 valence electrons. The number of carbonyl (C=O) groups is 1. The van der Waals surface area contributed by atoms with Gasteiger partial charge in [0, 0.05) is 0 Å². The van der Waals surface area contributed by atoms with E-state index in [9.17, 15) is 10.1 Å². The van der Waals surface area contributed by atoms with Crippen molar-refractivity contribution < 1.29 is 19.0 Å². The zero-order valence-electron chi connectivity index (χ0n) is 21.3. The number of nitriles is 1. The second-order valence-electron chi connectivity index (χ2n) is 8.47. The standard InChI is InChI=1S/C31H23Br2ClN2O4/c1-38-29-16-21(11-12-28(29)39-18-20-7-3-2-4-8-20)19-40-30-24(32)14-22(15-25(30)33)13-23(17-35)31(37)36-27-10-6-5-9-26(27)34/h2-16H,18-19H2,1H3,(H,36,37)/b23-13+. The lowest BCUT2D eigenvalue weighted by molar-refractivity contribution is -0.112. The summed E-state index contributed by atoms with van der Waals surface area (Å²) >= 11 is 13.2. The number of hydrogen-bond donors (Lipinski definition) is 1. The molecule has 0 atom stereocenters. The fourth-order valence-corrected chi connectivity index (χ4v) is 5.31. The number of para-hydroxylation sites is 1. The molecule has 4 aromatic rings. The monoisotopic (exact) mass is 680 g/mol. The Labute approximate surface area is 254 Å². The Hall–Kier alpha value is -3.77. The molecule has 1 amide bonds. The SMILES string of the molecule is COc1cc(COc2c(Br)cc(/C=C(\C#N)C(=O)Nc3ccccc3Cl)cc2Br)ccc1OCc1ccccc1. The third-order valence-corrected chi connectivity index (χ3v) is 7.17. The van der Waals surface area contributed by atoms with Crippen molar-refractivity contribution in [2.24, 2.45) is 0 Å². The van der Waals surface area contributed by atoms with Crippen LogP contribution in [-0.2, 0) is 18.0 Å². The van der Waals surface area contributed by atoms with E-state index in [0.717, 1.165) is 11.1 Å². The highest BCUT2D eigenvalue weighted by atomic mass is 79.9. The van der Waals surface area contributed by atoms with Gasteiger partial charge in [-0.2, -0.15) is 5.26 Å². The summed E-state index contributed by atoms with van der Waals surface area (Å²) in [5.41, 5.74) is 2.92. The number of amides is 1. The third kappa shape index (κ3) is 7.66. The van der Waals surface area contributed by atoms with Gasteiger partial charge < -0.3 is 19.5 Å². The van der Waals surface area contributed by atoms with E-state index in [2.05, 4.69) is 37.2 Å². The highest BCUT2D eigenvalue weighted by Crippen LogP contribution is 2.37. The average molecular weight is 683 g/mol. The van der Waals surface area contributed by atoms with Crippen LogP contribution in [0.3, 0.4) is 0 Å². The Morgan fingerprint density at radius 3 is 2.25 bits per heavy atom. The first-order valence-corrected chi connectivity index (χ1v) is 14.0. The maximum Gasteiger partial charge on any atom is 0.266 e. The molecule has 4 rings (SSSR count). The van der Waals surface area contributed by atoms with Crippen LogP contribution in [0.4, 0.5) is 5.69 Å². The van der Waals surface area contributed by atoms with Crippen molar-refractivity contribution in [1.82, 2.24) is 0 Å². The molecule has 0 unspecified atom stereocenters. The maximum atomic E-state index is 12.7. The van der Waals surface area contributed by atoms with Crippen molar-refractivity contribution in [3.63, 3.8) is 0 Å². The van der Waals surface area contributed by atoms with Crippen LogP contribution in [0.5, 0.6) is 17.2 Å². The highest BCUT2D eigenvalue weighted by molar-refractivity contribution is 9.11. The number of halogens is 3. The number of ether oxygens (including phenoxy) is 3. The number of benzene rings is 4. The van der Waals surface area contributed by atoms with Crippen molar-refractivity contribution in [3.05, 3.63) is 121 Å². The first-order valence-electron chi connectivity index (χ1n) is 12.0. The first kappa shape index (κ1) is 29.2. The summed E-state index contributed by atoms with van der Waals surface area (Å²) in [6.07, 6.45) is 1.49. The number of anilines is 1. The molecule has 0 bridgehead atoms. The molecule has 0 saturated carbocycles. The predicted octanol–water partition coefficient (Wildman–Crippen LogP) is 8.58. The Morgan fingerprint density at radius 2 is 1.57 bits per heavy atom. The van der Waals surface area contributed by atoms with E-state index < -0.39 is 5.91 Å². The number of carbonyl (C=O) groups excluding carboxylic acids is 1. The van der Waals surface area contributed by atoms with Crippen molar-refractivity contribution in [1.29, 1.82) is 5.26 Å². The number of methoxy groups -OCH3 is 1. The van der Waals surface area contributed by atoms with Gasteiger partial charge in [0.1, 0.15) is 30.6 Å². The van der Waals surface area contributed by atoms with Crippen molar-refractivity contribution in [2.45, 2.75) is 13.2 Å². The molecule has 0 saturated heterocycles. The summed E-state index contributed by atoms with van der Waals surface area (Å²) < 4.78 is 18.8. The van der Waals surface area contributed by atoms with Crippen molar-refractivity contribution >= 4 is 61.1 Å². The minimum Gasteiger partial charge on any atom is -0.493 e. The van der Waals surface area contributed by atoms with Crippen molar-refractivity contribution in [2.75, 3.05) is 12.4 Å². The van der Waals surface area contributed by atoms with Gasteiger partial charge in [-0.1, -0.05) is 60.1 Å². The van der Waals surface area contributed by atoms with E-state index in [1.807, 2.05) is 54.6 Å². The third-order valence-electron chi connectivity index (χ3n) is 5.67. The molecular formula is C31H23Br2ClN2O4. The van der Waals surface area contributed by atoms with E-state index in [-0.39, 0.29) is 12.2 Å². The fraction of sp³-hybridized carbons (Fsp3) is 0.0968. The van der Waals surface area contributed by atoms with Crippen LogP contribution in [-0.4, -0.2) is 13.0 Å². The molecule has 0 aromatic heterocycles. The van der Waals surface area contributed by atoms with E-state index in [4.69, 9.17) is 25.8 Å². The molecule has 0 spiro atoms. The van der Waals surface area contributed by atoms with E-state index in [1.165, 1.54) is 6.08 Å². The lowest BCUT2D eigenvalue weighted by atomic mass is 10.1. The first-order chi connectivity index (χ1) is 19.4.